The number of anilines is 1. The molecule has 35 heavy (non-hydrogen) atoms. The number of likely N-dealkylation sites (tertiary alicyclic amines) is 1. The summed E-state index contributed by atoms with van der Waals surface area (Å²) in [6.45, 7) is 2.66. The molecule has 0 aliphatic carbocycles. The minimum Gasteiger partial charge on any atom is -0.396 e. The molecule has 1 spiro atoms. The van der Waals surface area contributed by atoms with E-state index in [9.17, 15) is 19.5 Å². The average Bonchev–Trinajstić information content (AvgIpc) is 3.43. The summed E-state index contributed by atoms with van der Waals surface area (Å²) in [5.74, 6) is -1.61. The van der Waals surface area contributed by atoms with Gasteiger partial charge in [-0.1, -0.05) is 48.5 Å². The summed E-state index contributed by atoms with van der Waals surface area (Å²) in [6.07, 6.45) is 1.86. The zero-order chi connectivity index (χ0) is 24.6. The molecule has 2 aromatic carbocycles. The molecular weight excluding hydrogens is 462 g/mol. The highest BCUT2D eigenvalue weighted by atomic mass is 32.2. The molecule has 7 nitrogen and oxygen atoms in total. The lowest BCUT2D eigenvalue weighted by Gasteiger charge is -2.34. The number of thioether (sulfide) groups is 1. The van der Waals surface area contributed by atoms with Crippen LogP contribution in [0.15, 0.2) is 60.7 Å². The van der Waals surface area contributed by atoms with Gasteiger partial charge in [0.05, 0.1) is 16.6 Å². The van der Waals surface area contributed by atoms with Gasteiger partial charge in [-0.2, -0.15) is 0 Å². The first-order chi connectivity index (χ1) is 16.9. The summed E-state index contributed by atoms with van der Waals surface area (Å²) in [6, 6.07) is 18.3. The number of para-hydroxylation sites is 1. The fourth-order valence-electron chi connectivity index (χ4n) is 6.23. The summed E-state index contributed by atoms with van der Waals surface area (Å²) in [7, 11) is 0. The quantitative estimate of drug-likeness (QED) is 0.525. The van der Waals surface area contributed by atoms with Gasteiger partial charge in [0.2, 0.25) is 17.7 Å². The second kappa shape index (κ2) is 9.32. The van der Waals surface area contributed by atoms with E-state index in [1.165, 1.54) is 0 Å². The third-order valence-electron chi connectivity index (χ3n) is 7.72. The van der Waals surface area contributed by atoms with Crippen molar-refractivity contribution < 1.29 is 19.5 Å². The molecule has 5 atom stereocenters. The molecule has 2 unspecified atom stereocenters. The normalized spacial score (nSPS) is 30.9. The number of aliphatic hydroxyl groups excluding tert-OH is 1. The standard InChI is InChI=1S/C27H31N3O4S/c1-26-13-14-27(35-26)21(20(26)23(32)29-19-11-6-3-7-12-19)25(34)30(15-8-16-31)22(27)24(33)28-17-18-9-4-2-5-10-18/h2-7,9-12,20-22,31H,8,13-17H2,1H3,(H,28,33)(H,29,32)/t20-,21-,22?,26+,27?/m0/s1. The Morgan fingerprint density at radius 3 is 2.43 bits per heavy atom. The van der Waals surface area contributed by atoms with Gasteiger partial charge < -0.3 is 20.6 Å². The fourth-order valence-corrected chi connectivity index (χ4v) is 8.59. The molecule has 0 saturated carbocycles. The molecule has 3 saturated heterocycles. The molecule has 3 aliphatic heterocycles. The maximum absolute atomic E-state index is 13.8. The summed E-state index contributed by atoms with van der Waals surface area (Å²) < 4.78 is -1.07. The first-order valence-electron chi connectivity index (χ1n) is 12.2. The van der Waals surface area contributed by atoms with E-state index >= 15 is 0 Å². The van der Waals surface area contributed by atoms with Gasteiger partial charge in [-0.05, 0) is 43.9 Å². The van der Waals surface area contributed by atoms with Crippen molar-refractivity contribution in [3.8, 4) is 0 Å². The molecule has 2 bridgehead atoms. The Kier molecular flexibility index (Phi) is 6.36. The number of benzene rings is 2. The Balaban J connectivity index is 1.45. The van der Waals surface area contributed by atoms with Crippen LogP contribution in [0.2, 0.25) is 0 Å². The van der Waals surface area contributed by atoms with E-state index < -0.39 is 27.4 Å². The first-order valence-corrected chi connectivity index (χ1v) is 13.0. The van der Waals surface area contributed by atoms with Crippen molar-refractivity contribution >= 4 is 35.2 Å². The Morgan fingerprint density at radius 2 is 1.74 bits per heavy atom. The van der Waals surface area contributed by atoms with Crippen LogP contribution in [0.4, 0.5) is 5.69 Å². The maximum atomic E-state index is 13.8. The van der Waals surface area contributed by atoms with Crippen LogP contribution in [0.25, 0.3) is 0 Å². The van der Waals surface area contributed by atoms with Crippen LogP contribution >= 0.6 is 11.8 Å². The molecule has 8 heteroatoms. The van der Waals surface area contributed by atoms with Crippen LogP contribution in [0.5, 0.6) is 0 Å². The van der Waals surface area contributed by atoms with Crippen LogP contribution < -0.4 is 10.6 Å². The maximum Gasteiger partial charge on any atom is 0.244 e. The minimum absolute atomic E-state index is 0.0669. The Morgan fingerprint density at radius 1 is 1.06 bits per heavy atom. The second-order valence-corrected chi connectivity index (χ2v) is 11.8. The number of nitrogens with zero attached hydrogens (tertiary/aromatic N) is 1. The van der Waals surface area contributed by atoms with Gasteiger partial charge in [-0.3, -0.25) is 14.4 Å². The minimum atomic E-state index is -0.670. The zero-order valence-electron chi connectivity index (χ0n) is 19.8. The number of hydrogen-bond donors (Lipinski definition) is 3. The summed E-state index contributed by atoms with van der Waals surface area (Å²) in [5, 5.41) is 15.5. The third-order valence-corrected chi connectivity index (χ3v) is 9.70. The van der Waals surface area contributed by atoms with Gasteiger partial charge in [0, 0.05) is 30.1 Å². The lowest BCUT2D eigenvalue weighted by Crippen LogP contribution is -2.53. The van der Waals surface area contributed by atoms with Crippen molar-refractivity contribution in [2.45, 2.75) is 48.3 Å². The number of nitrogens with one attached hydrogen (secondary N) is 2. The molecule has 3 aliphatic rings. The molecule has 0 aromatic heterocycles. The number of hydrogen-bond acceptors (Lipinski definition) is 5. The van der Waals surface area contributed by atoms with Crippen LogP contribution in [-0.2, 0) is 20.9 Å². The molecule has 2 aromatic rings. The van der Waals surface area contributed by atoms with Crippen molar-refractivity contribution in [1.82, 2.24) is 10.2 Å². The number of fused-ring (bicyclic) bond motifs is 1. The highest BCUT2D eigenvalue weighted by Gasteiger charge is 2.76. The molecule has 3 N–H and O–H groups in total. The van der Waals surface area contributed by atoms with Crippen molar-refractivity contribution in [3.05, 3.63) is 66.2 Å². The van der Waals surface area contributed by atoms with Crippen molar-refractivity contribution in [2.75, 3.05) is 18.5 Å². The Hall–Kier alpha value is -2.84. The van der Waals surface area contributed by atoms with E-state index in [2.05, 4.69) is 17.6 Å². The first kappa shape index (κ1) is 23.9. The topological polar surface area (TPSA) is 98.7 Å². The van der Waals surface area contributed by atoms with Crippen LogP contribution in [-0.4, -0.2) is 56.4 Å². The SMILES string of the molecule is C[C@]12CCC3(S1)C(C(=O)NCc1ccccc1)N(CCCO)C(=O)[C@@H]3[C@H]2C(=O)Nc1ccccc1. The van der Waals surface area contributed by atoms with Gasteiger partial charge in [0.15, 0.2) is 0 Å². The van der Waals surface area contributed by atoms with Crippen molar-refractivity contribution in [3.63, 3.8) is 0 Å². The molecule has 5 rings (SSSR count). The Labute approximate surface area is 209 Å². The number of amides is 3. The molecule has 3 heterocycles. The fraction of sp³-hybridized carbons (Fsp3) is 0.444. The number of aliphatic hydroxyl groups is 1. The third kappa shape index (κ3) is 4.02. The molecule has 3 amide bonds. The van der Waals surface area contributed by atoms with Gasteiger partial charge in [0.25, 0.3) is 0 Å². The van der Waals surface area contributed by atoms with E-state index in [0.29, 0.717) is 31.6 Å². The lowest BCUT2D eigenvalue weighted by molar-refractivity contribution is -0.139. The summed E-state index contributed by atoms with van der Waals surface area (Å²) >= 11 is 1.65. The van der Waals surface area contributed by atoms with Gasteiger partial charge in [-0.15, -0.1) is 11.8 Å². The summed E-state index contributed by atoms with van der Waals surface area (Å²) in [4.78, 5) is 42.7. The smallest absolute Gasteiger partial charge is 0.244 e. The molecule has 3 fully saturated rings. The molecule has 184 valence electrons. The highest BCUT2D eigenvalue weighted by Crippen LogP contribution is 2.71. The largest absolute Gasteiger partial charge is 0.396 e. The van der Waals surface area contributed by atoms with Crippen LogP contribution in [0.1, 0.15) is 31.7 Å². The van der Waals surface area contributed by atoms with E-state index in [0.717, 1.165) is 12.0 Å². The van der Waals surface area contributed by atoms with Crippen LogP contribution in [0, 0.1) is 11.8 Å². The zero-order valence-corrected chi connectivity index (χ0v) is 20.6. The highest BCUT2D eigenvalue weighted by molar-refractivity contribution is 8.02. The van der Waals surface area contributed by atoms with E-state index in [4.69, 9.17) is 0 Å². The number of rotatable bonds is 8. The lowest BCUT2D eigenvalue weighted by atomic mass is 9.66. The van der Waals surface area contributed by atoms with Crippen LogP contribution in [0.3, 0.4) is 0 Å². The van der Waals surface area contributed by atoms with Gasteiger partial charge >= 0.3 is 0 Å². The molecule has 0 radical (unpaired) electrons. The predicted molar refractivity (Wildman–Crippen MR) is 136 cm³/mol. The predicted octanol–water partition coefficient (Wildman–Crippen LogP) is 2.81. The molecular formula is C27H31N3O4S. The number of carbonyl (C=O) groups is 3. The average molecular weight is 494 g/mol. The van der Waals surface area contributed by atoms with E-state index in [1.807, 2.05) is 60.7 Å². The number of carbonyl (C=O) groups excluding carboxylic acids is 3. The van der Waals surface area contributed by atoms with E-state index in [-0.39, 0.29) is 24.3 Å². The van der Waals surface area contributed by atoms with E-state index in [1.54, 1.807) is 16.7 Å². The van der Waals surface area contributed by atoms with Crippen molar-refractivity contribution in [1.29, 1.82) is 0 Å². The van der Waals surface area contributed by atoms with Gasteiger partial charge in [0.1, 0.15) is 6.04 Å². The van der Waals surface area contributed by atoms with Gasteiger partial charge in [-0.25, -0.2) is 0 Å². The Bertz CT molecular complexity index is 1110. The monoisotopic (exact) mass is 493 g/mol. The summed E-state index contributed by atoms with van der Waals surface area (Å²) in [5.41, 5.74) is 1.68. The van der Waals surface area contributed by atoms with Crippen molar-refractivity contribution in [2.24, 2.45) is 11.8 Å². The second-order valence-electron chi connectivity index (χ2n) is 9.90.